The number of benzene rings is 1. The predicted octanol–water partition coefficient (Wildman–Crippen LogP) is 2.63. The van der Waals surface area contributed by atoms with E-state index >= 15 is 0 Å². The third-order valence-electron chi connectivity index (χ3n) is 1.27. The Morgan fingerprint density at radius 1 is 1.18 bits per heavy atom. The molecule has 0 aliphatic rings. The maximum atomic E-state index is 12.4. The Hall–Kier alpha value is 0.433. The van der Waals surface area contributed by atoms with Gasteiger partial charge in [0.2, 0.25) is 0 Å². The minimum Gasteiger partial charge on any atom is -0.107 e. The molecular formula is C7H6F2IZn. The molecule has 0 bridgehead atoms. The summed E-state index contributed by atoms with van der Waals surface area (Å²) in [6, 6.07) is 4.03. The Morgan fingerprint density at radius 2 is 1.82 bits per heavy atom. The van der Waals surface area contributed by atoms with Gasteiger partial charge in [0.1, 0.15) is 0 Å². The third kappa shape index (κ3) is 3.12. The van der Waals surface area contributed by atoms with Gasteiger partial charge in [0, 0.05) is 0 Å². The van der Waals surface area contributed by atoms with Crippen LogP contribution in [-0.2, 0) is 23.3 Å². The minimum atomic E-state index is -0.766. The van der Waals surface area contributed by atoms with Crippen molar-refractivity contribution in [2.24, 2.45) is 0 Å². The van der Waals surface area contributed by atoms with E-state index in [9.17, 15) is 8.78 Å². The second-order valence-electron chi connectivity index (χ2n) is 2.00. The first-order valence-corrected chi connectivity index (χ1v) is 5.07. The van der Waals surface area contributed by atoms with Crippen molar-refractivity contribution < 1.29 is 27.1 Å². The maximum absolute atomic E-state index is 12.4. The molecule has 1 aromatic carbocycles. The Kier molecular flexibility index (Phi) is 5.35. The summed E-state index contributed by atoms with van der Waals surface area (Å²) >= 11 is 1.07. The number of halogens is 3. The molecule has 0 amide bonds. The zero-order valence-corrected chi connectivity index (χ0v) is 11.1. The van der Waals surface area contributed by atoms with Gasteiger partial charge in [0.05, 0.1) is 0 Å². The van der Waals surface area contributed by atoms with Crippen molar-refractivity contribution >= 4 is 24.0 Å². The molecule has 0 aliphatic carbocycles. The van der Waals surface area contributed by atoms with Crippen LogP contribution in [0.1, 0.15) is 5.56 Å². The summed E-state index contributed by atoms with van der Waals surface area (Å²) < 4.78 is 24.7. The van der Waals surface area contributed by atoms with Gasteiger partial charge in [-0.2, -0.15) is 0 Å². The summed E-state index contributed by atoms with van der Waals surface area (Å²) in [7, 11) is 0. The number of hydrogen-bond acceptors (Lipinski definition) is 0. The van der Waals surface area contributed by atoms with E-state index in [4.69, 9.17) is 0 Å². The summed E-state index contributed by atoms with van der Waals surface area (Å²) in [6.45, 7) is 0. The van der Waals surface area contributed by atoms with Gasteiger partial charge in [0.25, 0.3) is 0 Å². The smallest absolute Gasteiger partial charge is 0.107 e. The largest absolute Gasteiger partial charge is 0.107 e. The van der Waals surface area contributed by atoms with Crippen LogP contribution in [0.4, 0.5) is 8.78 Å². The van der Waals surface area contributed by atoms with Gasteiger partial charge < -0.3 is 0 Å². The molecule has 0 saturated heterocycles. The van der Waals surface area contributed by atoms with Gasteiger partial charge in [-0.05, 0) is 0 Å². The molecule has 0 fully saturated rings. The van der Waals surface area contributed by atoms with Crippen LogP contribution in [0.3, 0.4) is 0 Å². The van der Waals surface area contributed by atoms with E-state index in [1.165, 1.54) is 12.1 Å². The fourth-order valence-electron chi connectivity index (χ4n) is 0.695. The summed E-state index contributed by atoms with van der Waals surface area (Å²) in [5, 5.41) is 0.858. The van der Waals surface area contributed by atoms with Crippen LogP contribution in [0.5, 0.6) is 0 Å². The summed E-state index contributed by atoms with van der Waals surface area (Å²) in [6.07, 6.45) is 0. The molecular weight excluding hydrogens is 314 g/mol. The normalized spacial score (nSPS) is 9.09. The minimum absolute atomic E-state index is 0. The first kappa shape index (κ1) is 11.4. The molecule has 1 rings (SSSR count). The van der Waals surface area contributed by atoms with Gasteiger partial charge in [-0.15, -0.1) is 24.0 Å². The van der Waals surface area contributed by atoms with Gasteiger partial charge >= 0.3 is 67.5 Å². The topological polar surface area (TPSA) is 0 Å². The Balaban J connectivity index is 0.000001000. The van der Waals surface area contributed by atoms with E-state index in [0.29, 0.717) is 0 Å². The SMILES string of the molecule is Fc1ccc([CH2][Zn])cc1F.I. The van der Waals surface area contributed by atoms with Crippen molar-refractivity contribution in [3.05, 3.63) is 35.4 Å². The standard InChI is InChI=1S/C7H5F2.HI.Zn/c1-5-2-3-6(8)7(9)4-5;;/h2-4H,1H2;1H;. The summed E-state index contributed by atoms with van der Waals surface area (Å²) in [5.41, 5.74) is 0.874. The van der Waals surface area contributed by atoms with E-state index in [0.717, 1.165) is 28.9 Å². The molecule has 0 radical (unpaired) electrons. The van der Waals surface area contributed by atoms with Crippen LogP contribution in [-0.4, -0.2) is 0 Å². The molecule has 0 spiro atoms. The van der Waals surface area contributed by atoms with Crippen molar-refractivity contribution in [2.45, 2.75) is 5.02 Å². The van der Waals surface area contributed by atoms with E-state index in [2.05, 4.69) is 0 Å². The van der Waals surface area contributed by atoms with Crippen LogP contribution < -0.4 is 0 Å². The summed E-state index contributed by atoms with van der Waals surface area (Å²) in [5.74, 6) is -1.51. The van der Waals surface area contributed by atoms with Crippen LogP contribution in [0.2, 0.25) is 0 Å². The summed E-state index contributed by atoms with van der Waals surface area (Å²) in [4.78, 5) is 0. The van der Waals surface area contributed by atoms with Crippen LogP contribution in [0, 0.1) is 11.6 Å². The van der Waals surface area contributed by atoms with Crippen molar-refractivity contribution in [3.63, 3.8) is 0 Å². The van der Waals surface area contributed by atoms with Crippen molar-refractivity contribution in [2.75, 3.05) is 0 Å². The Bertz CT molecular complexity index is 240. The first-order chi connectivity index (χ1) is 4.74. The molecule has 0 saturated carbocycles. The van der Waals surface area contributed by atoms with Crippen LogP contribution in [0.15, 0.2) is 18.2 Å². The zero-order chi connectivity index (χ0) is 7.56. The maximum Gasteiger partial charge on any atom is -0.107 e. The molecule has 0 aliphatic heterocycles. The van der Waals surface area contributed by atoms with Gasteiger partial charge in [-0.1, -0.05) is 0 Å². The zero-order valence-electron chi connectivity index (χ0n) is 5.81. The molecule has 11 heavy (non-hydrogen) atoms. The third-order valence-corrected chi connectivity index (χ3v) is 2.48. The second-order valence-corrected chi connectivity index (χ2v) is 3.05. The quantitative estimate of drug-likeness (QED) is 0.551. The average Bonchev–Trinajstić information content (AvgIpc) is 1.95. The van der Waals surface area contributed by atoms with Gasteiger partial charge in [-0.3, -0.25) is 0 Å². The molecule has 4 heteroatoms. The van der Waals surface area contributed by atoms with Crippen LogP contribution in [0.25, 0.3) is 0 Å². The molecule has 1 aromatic rings. The second kappa shape index (κ2) is 5.15. The molecule has 0 aromatic heterocycles. The number of rotatable bonds is 1. The fraction of sp³-hybridized carbons (Fsp3) is 0.143. The van der Waals surface area contributed by atoms with Crippen LogP contribution >= 0.6 is 24.0 Å². The monoisotopic (exact) mass is 319 g/mol. The van der Waals surface area contributed by atoms with Crippen molar-refractivity contribution in [3.8, 4) is 0 Å². The predicted molar refractivity (Wildman–Crippen MR) is 45.5 cm³/mol. The van der Waals surface area contributed by atoms with Gasteiger partial charge in [0.15, 0.2) is 0 Å². The van der Waals surface area contributed by atoms with E-state index < -0.39 is 11.6 Å². The first-order valence-electron chi connectivity index (χ1n) is 2.97. The number of hydrogen-bond donors (Lipinski definition) is 0. The fourth-order valence-corrected chi connectivity index (χ4v) is 1.35. The Morgan fingerprint density at radius 3 is 2.27 bits per heavy atom. The molecule has 0 nitrogen and oxygen atoms in total. The van der Waals surface area contributed by atoms with E-state index in [1.807, 2.05) is 0 Å². The van der Waals surface area contributed by atoms with Gasteiger partial charge in [-0.25, -0.2) is 0 Å². The molecule has 57 valence electrons. The van der Waals surface area contributed by atoms with E-state index in [-0.39, 0.29) is 24.0 Å². The molecule has 0 heterocycles. The molecule has 0 N–H and O–H groups in total. The Labute approximate surface area is 91.1 Å². The van der Waals surface area contributed by atoms with Crippen molar-refractivity contribution in [1.82, 2.24) is 0 Å². The molecule has 0 atom stereocenters. The average molecular weight is 320 g/mol. The van der Waals surface area contributed by atoms with Crippen molar-refractivity contribution in [1.29, 1.82) is 0 Å². The van der Waals surface area contributed by atoms with E-state index in [1.54, 1.807) is 6.07 Å². The molecule has 0 unspecified atom stereocenters.